The van der Waals surface area contributed by atoms with Crippen molar-refractivity contribution in [1.29, 1.82) is 0 Å². The number of aromatic nitrogens is 1. The van der Waals surface area contributed by atoms with Crippen LogP contribution in [0.15, 0.2) is 24.3 Å². The molecule has 6 heteroatoms. The van der Waals surface area contributed by atoms with Crippen molar-refractivity contribution in [3.8, 4) is 0 Å². The predicted molar refractivity (Wildman–Crippen MR) is 92.4 cm³/mol. The zero-order chi connectivity index (χ0) is 16.4. The minimum Gasteiger partial charge on any atom is -0.298 e. The smallest absolute Gasteiger partial charge is 0.250 e. The molecular formula is C17H16ClFN2OS. The van der Waals surface area contributed by atoms with Gasteiger partial charge in [-0.25, -0.2) is 9.37 Å². The largest absolute Gasteiger partial charge is 0.298 e. The Morgan fingerprint density at radius 1 is 1.52 bits per heavy atom. The van der Waals surface area contributed by atoms with Gasteiger partial charge in [0.2, 0.25) is 5.91 Å². The highest BCUT2D eigenvalue weighted by atomic mass is 35.5. The Morgan fingerprint density at radius 3 is 3.13 bits per heavy atom. The van der Waals surface area contributed by atoms with E-state index in [1.807, 2.05) is 0 Å². The zero-order valence-corrected chi connectivity index (χ0v) is 14.2. The molecule has 3 nitrogen and oxygen atoms in total. The number of fused-ring (bicyclic) bond motifs is 1. The molecule has 2 aromatic rings. The van der Waals surface area contributed by atoms with Gasteiger partial charge in [-0.05, 0) is 49.0 Å². The van der Waals surface area contributed by atoms with Gasteiger partial charge in [0, 0.05) is 11.0 Å². The molecule has 1 aliphatic carbocycles. The van der Waals surface area contributed by atoms with Gasteiger partial charge < -0.3 is 0 Å². The SMILES string of the molecule is CC1CCc2nc(NC(=O)/C=C/c3ccc(F)c(Cl)c3)sc2C1. The maximum atomic E-state index is 13.1. The Labute approximate surface area is 143 Å². The molecule has 3 rings (SSSR count). The lowest BCUT2D eigenvalue weighted by Gasteiger charge is -2.15. The standard InChI is InChI=1S/C17H16ClFN2OS/c1-10-2-6-14-15(8-10)23-17(20-14)21-16(22)7-4-11-3-5-13(19)12(18)9-11/h3-5,7,9-10H,2,6,8H2,1H3,(H,20,21,22)/b7-4+. The summed E-state index contributed by atoms with van der Waals surface area (Å²) in [6.45, 7) is 2.23. The number of thiazole rings is 1. The quantitative estimate of drug-likeness (QED) is 0.814. The Bertz CT molecular complexity index is 772. The molecule has 0 aliphatic heterocycles. The number of nitrogens with one attached hydrogen (secondary N) is 1. The van der Waals surface area contributed by atoms with Gasteiger partial charge in [-0.15, -0.1) is 11.3 Å². The molecule has 0 spiro atoms. The minimum atomic E-state index is -0.476. The molecule has 0 fully saturated rings. The van der Waals surface area contributed by atoms with Crippen LogP contribution in [0.3, 0.4) is 0 Å². The second kappa shape index (κ2) is 6.81. The van der Waals surface area contributed by atoms with Crippen LogP contribution in [0, 0.1) is 11.7 Å². The van der Waals surface area contributed by atoms with Crippen LogP contribution >= 0.6 is 22.9 Å². The average Bonchev–Trinajstić information content (AvgIpc) is 2.89. The summed E-state index contributed by atoms with van der Waals surface area (Å²) in [7, 11) is 0. The fourth-order valence-corrected chi connectivity index (χ4v) is 3.89. The van der Waals surface area contributed by atoms with E-state index in [2.05, 4.69) is 17.2 Å². The van der Waals surface area contributed by atoms with E-state index in [0.717, 1.165) is 25.0 Å². The van der Waals surface area contributed by atoms with Gasteiger partial charge in [0.05, 0.1) is 10.7 Å². The van der Waals surface area contributed by atoms with Crippen molar-refractivity contribution in [2.75, 3.05) is 5.32 Å². The Hall–Kier alpha value is -1.72. The first-order valence-corrected chi connectivity index (χ1v) is 8.63. The fraction of sp³-hybridized carbons (Fsp3) is 0.294. The molecule has 1 heterocycles. The van der Waals surface area contributed by atoms with Crippen LogP contribution in [-0.4, -0.2) is 10.9 Å². The molecule has 1 aromatic carbocycles. The van der Waals surface area contributed by atoms with Gasteiger partial charge in [-0.3, -0.25) is 10.1 Å². The molecule has 0 radical (unpaired) electrons. The van der Waals surface area contributed by atoms with Crippen molar-refractivity contribution >= 4 is 40.1 Å². The lowest BCUT2D eigenvalue weighted by Crippen LogP contribution is -2.09. The van der Waals surface area contributed by atoms with Gasteiger partial charge in [-0.1, -0.05) is 24.6 Å². The molecule has 1 aliphatic rings. The number of halogens is 2. The number of benzene rings is 1. The van der Waals surface area contributed by atoms with Crippen molar-refractivity contribution in [1.82, 2.24) is 4.98 Å². The van der Waals surface area contributed by atoms with Gasteiger partial charge in [-0.2, -0.15) is 0 Å². The minimum absolute atomic E-state index is 0.0364. The highest BCUT2D eigenvalue weighted by Gasteiger charge is 2.20. The Kier molecular flexibility index (Phi) is 4.78. The first-order valence-electron chi connectivity index (χ1n) is 7.44. The molecule has 1 aromatic heterocycles. The summed E-state index contributed by atoms with van der Waals surface area (Å²) in [5, 5.41) is 3.46. The molecule has 0 bridgehead atoms. The fourth-order valence-electron chi connectivity index (χ4n) is 2.53. The summed E-state index contributed by atoms with van der Waals surface area (Å²) >= 11 is 7.26. The average molecular weight is 351 g/mol. The third-order valence-corrected chi connectivity index (χ3v) is 5.11. The third-order valence-electron chi connectivity index (χ3n) is 3.79. The van der Waals surface area contributed by atoms with Gasteiger partial charge in [0.1, 0.15) is 5.82 Å². The normalized spacial score (nSPS) is 17.3. The van der Waals surface area contributed by atoms with Crippen LogP contribution in [0.4, 0.5) is 9.52 Å². The van der Waals surface area contributed by atoms with Crippen molar-refractivity contribution in [3.63, 3.8) is 0 Å². The summed E-state index contributed by atoms with van der Waals surface area (Å²) in [5.74, 6) is -0.0601. The van der Waals surface area contributed by atoms with Crippen LogP contribution in [0.2, 0.25) is 5.02 Å². The summed E-state index contributed by atoms with van der Waals surface area (Å²) in [6, 6.07) is 4.31. The van der Waals surface area contributed by atoms with E-state index in [0.29, 0.717) is 16.6 Å². The van der Waals surface area contributed by atoms with Crippen molar-refractivity contribution in [2.45, 2.75) is 26.2 Å². The van der Waals surface area contributed by atoms with E-state index < -0.39 is 5.82 Å². The van der Waals surface area contributed by atoms with E-state index in [-0.39, 0.29) is 10.9 Å². The van der Waals surface area contributed by atoms with Gasteiger partial charge in [0.15, 0.2) is 5.13 Å². The first kappa shape index (κ1) is 16.1. The third kappa shape index (κ3) is 3.98. The second-order valence-electron chi connectivity index (χ2n) is 5.73. The number of carbonyl (C=O) groups excluding carboxylic acids is 1. The number of amides is 1. The highest BCUT2D eigenvalue weighted by Crippen LogP contribution is 2.32. The number of anilines is 1. The van der Waals surface area contributed by atoms with Crippen LogP contribution in [0.1, 0.15) is 29.5 Å². The number of rotatable bonds is 3. The van der Waals surface area contributed by atoms with E-state index in [9.17, 15) is 9.18 Å². The summed E-state index contributed by atoms with van der Waals surface area (Å²) in [5.41, 5.74) is 1.77. The highest BCUT2D eigenvalue weighted by molar-refractivity contribution is 7.15. The van der Waals surface area contributed by atoms with Gasteiger partial charge in [0.25, 0.3) is 0 Å². The number of nitrogens with zero attached hydrogens (tertiary/aromatic N) is 1. The molecule has 0 saturated carbocycles. The van der Waals surface area contributed by atoms with Crippen LogP contribution in [0.25, 0.3) is 6.08 Å². The van der Waals surface area contributed by atoms with E-state index in [1.54, 1.807) is 23.5 Å². The van der Waals surface area contributed by atoms with Crippen LogP contribution in [0.5, 0.6) is 0 Å². The molecule has 120 valence electrons. The van der Waals surface area contributed by atoms with E-state index in [1.165, 1.54) is 23.1 Å². The molecule has 1 N–H and O–H groups in total. The molecular weight excluding hydrogens is 335 g/mol. The maximum Gasteiger partial charge on any atom is 0.250 e. The Morgan fingerprint density at radius 2 is 2.35 bits per heavy atom. The van der Waals surface area contributed by atoms with Crippen LogP contribution in [-0.2, 0) is 17.6 Å². The number of aryl methyl sites for hydroxylation is 1. The summed E-state index contributed by atoms with van der Waals surface area (Å²) in [4.78, 5) is 17.7. The molecule has 1 unspecified atom stereocenters. The van der Waals surface area contributed by atoms with Gasteiger partial charge >= 0.3 is 0 Å². The summed E-state index contributed by atoms with van der Waals surface area (Å²) in [6.07, 6.45) is 6.15. The first-order chi connectivity index (χ1) is 11.0. The van der Waals surface area contributed by atoms with Crippen LogP contribution < -0.4 is 5.32 Å². The second-order valence-corrected chi connectivity index (χ2v) is 7.22. The number of hydrogen-bond acceptors (Lipinski definition) is 3. The Balaban J connectivity index is 1.65. The number of hydrogen-bond donors (Lipinski definition) is 1. The predicted octanol–water partition coefficient (Wildman–Crippen LogP) is 4.71. The molecule has 23 heavy (non-hydrogen) atoms. The zero-order valence-electron chi connectivity index (χ0n) is 12.6. The van der Waals surface area contributed by atoms with Crippen molar-refractivity contribution < 1.29 is 9.18 Å². The topological polar surface area (TPSA) is 42.0 Å². The van der Waals surface area contributed by atoms with E-state index >= 15 is 0 Å². The molecule has 1 amide bonds. The maximum absolute atomic E-state index is 13.1. The molecule has 0 saturated heterocycles. The van der Waals surface area contributed by atoms with E-state index in [4.69, 9.17) is 11.6 Å². The lowest BCUT2D eigenvalue weighted by molar-refractivity contribution is -0.111. The molecule has 1 atom stereocenters. The number of carbonyl (C=O) groups is 1. The lowest BCUT2D eigenvalue weighted by atomic mass is 9.93. The summed E-state index contributed by atoms with van der Waals surface area (Å²) < 4.78 is 13.1. The van der Waals surface area contributed by atoms with Crippen molar-refractivity contribution in [2.24, 2.45) is 5.92 Å². The monoisotopic (exact) mass is 350 g/mol. The van der Waals surface area contributed by atoms with Crippen molar-refractivity contribution in [3.05, 3.63) is 51.2 Å².